The Kier molecular flexibility index (Phi) is 4.10. The van der Waals surface area contributed by atoms with Crippen molar-refractivity contribution in [2.24, 2.45) is 0 Å². The molecule has 102 valence electrons. The Morgan fingerprint density at radius 1 is 1.42 bits per heavy atom. The minimum atomic E-state index is -0.0924. The van der Waals surface area contributed by atoms with E-state index in [4.69, 9.17) is 0 Å². The van der Waals surface area contributed by atoms with Crippen LogP contribution >= 0.6 is 27.3 Å². The zero-order valence-electron chi connectivity index (χ0n) is 11.3. The summed E-state index contributed by atoms with van der Waals surface area (Å²) in [6.07, 6.45) is 0. The van der Waals surface area contributed by atoms with Crippen molar-refractivity contribution in [1.29, 1.82) is 0 Å². The number of carbonyl (C=O) groups is 1. The Hall–Kier alpha value is -1.14. The third kappa shape index (κ3) is 2.90. The highest BCUT2D eigenvalue weighted by atomic mass is 79.9. The van der Waals surface area contributed by atoms with Crippen molar-refractivity contribution in [2.45, 2.75) is 33.7 Å². The van der Waals surface area contributed by atoms with Crippen LogP contribution in [0.25, 0.3) is 0 Å². The summed E-state index contributed by atoms with van der Waals surface area (Å²) in [5.41, 5.74) is 2.63. The molecule has 0 spiro atoms. The lowest BCUT2D eigenvalue weighted by molar-refractivity contribution is 0.103. The van der Waals surface area contributed by atoms with Crippen LogP contribution in [0.15, 0.2) is 15.9 Å². The highest BCUT2D eigenvalue weighted by Crippen LogP contribution is 2.26. The van der Waals surface area contributed by atoms with E-state index in [-0.39, 0.29) is 11.9 Å². The number of halogens is 1. The molecule has 2 heterocycles. The van der Waals surface area contributed by atoms with Crippen LogP contribution in [0.2, 0.25) is 0 Å². The lowest BCUT2D eigenvalue weighted by atomic mass is 10.3. The van der Waals surface area contributed by atoms with Crippen LogP contribution in [0.1, 0.15) is 40.9 Å². The first-order valence-electron chi connectivity index (χ1n) is 6.02. The second kappa shape index (κ2) is 5.46. The van der Waals surface area contributed by atoms with Gasteiger partial charge in [0.1, 0.15) is 0 Å². The predicted molar refractivity (Wildman–Crippen MR) is 82.1 cm³/mol. The van der Waals surface area contributed by atoms with Crippen molar-refractivity contribution in [1.82, 2.24) is 9.78 Å². The molecule has 2 rings (SSSR count). The molecule has 0 aliphatic carbocycles. The third-order valence-electron chi connectivity index (χ3n) is 2.85. The van der Waals surface area contributed by atoms with Gasteiger partial charge in [0.15, 0.2) is 0 Å². The van der Waals surface area contributed by atoms with Gasteiger partial charge in [0.05, 0.1) is 25.7 Å². The highest BCUT2D eigenvalue weighted by molar-refractivity contribution is 9.11. The lowest BCUT2D eigenvalue weighted by Gasteiger charge is -2.09. The molecule has 0 fully saturated rings. The number of hydrogen-bond acceptors (Lipinski definition) is 3. The Balaban J connectivity index is 2.26. The standard InChI is InChI=1S/C13H16BrN3OS/c1-7(2)17-9(4)12(8(3)16-17)15-13(18)10-5-6-11(14)19-10/h5-7H,1-4H3,(H,15,18). The summed E-state index contributed by atoms with van der Waals surface area (Å²) in [5.74, 6) is -0.0924. The van der Waals surface area contributed by atoms with Gasteiger partial charge in [0.25, 0.3) is 5.91 Å². The van der Waals surface area contributed by atoms with Gasteiger partial charge in [-0.2, -0.15) is 5.10 Å². The SMILES string of the molecule is Cc1nn(C(C)C)c(C)c1NC(=O)c1ccc(Br)s1. The van der Waals surface area contributed by atoms with E-state index in [1.807, 2.05) is 30.7 Å². The fraction of sp³-hybridized carbons (Fsp3) is 0.385. The van der Waals surface area contributed by atoms with E-state index in [0.717, 1.165) is 20.9 Å². The van der Waals surface area contributed by atoms with E-state index in [1.54, 1.807) is 0 Å². The van der Waals surface area contributed by atoms with Crippen LogP contribution in [-0.4, -0.2) is 15.7 Å². The van der Waals surface area contributed by atoms with Gasteiger partial charge in [0, 0.05) is 6.04 Å². The number of amides is 1. The smallest absolute Gasteiger partial charge is 0.265 e. The monoisotopic (exact) mass is 341 g/mol. The van der Waals surface area contributed by atoms with Crippen molar-refractivity contribution < 1.29 is 4.79 Å². The van der Waals surface area contributed by atoms with Crippen LogP contribution in [0, 0.1) is 13.8 Å². The van der Waals surface area contributed by atoms with Gasteiger partial charge in [0.2, 0.25) is 0 Å². The molecule has 1 amide bonds. The van der Waals surface area contributed by atoms with Crippen LogP contribution in [0.3, 0.4) is 0 Å². The molecule has 1 N–H and O–H groups in total. The summed E-state index contributed by atoms with van der Waals surface area (Å²) in [6, 6.07) is 3.96. The number of anilines is 1. The molecule has 0 aliphatic heterocycles. The first kappa shape index (κ1) is 14.3. The summed E-state index contributed by atoms with van der Waals surface area (Å²) >= 11 is 4.78. The normalized spacial score (nSPS) is 11.1. The first-order chi connectivity index (χ1) is 8.90. The number of rotatable bonds is 3. The summed E-state index contributed by atoms with van der Waals surface area (Å²) < 4.78 is 2.87. The Morgan fingerprint density at radius 3 is 2.58 bits per heavy atom. The Morgan fingerprint density at radius 2 is 2.11 bits per heavy atom. The van der Waals surface area contributed by atoms with Gasteiger partial charge in [-0.15, -0.1) is 11.3 Å². The molecule has 6 heteroatoms. The van der Waals surface area contributed by atoms with E-state index < -0.39 is 0 Å². The molecule has 0 bridgehead atoms. The number of nitrogens with one attached hydrogen (secondary N) is 1. The van der Waals surface area contributed by atoms with Gasteiger partial charge in [-0.05, 0) is 55.8 Å². The van der Waals surface area contributed by atoms with E-state index in [0.29, 0.717) is 4.88 Å². The molecule has 4 nitrogen and oxygen atoms in total. The molecule has 2 aromatic rings. The average molecular weight is 342 g/mol. The quantitative estimate of drug-likeness (QED) is 0.911. The summed E-state index contributed by atoms with van der Waals surface area (Å²) in [7, 11) is 0. The lowest BCUT2D eigenvalue weighted by Crippen LogP contribution is -2.12. The maximum atomic E-state index is 12.2. The highest BCUT2D eigenvalue weighted by Gasteiger charge is 2.17. The molecule has 19 heavy (non-hydrogen) atoms. The largest absolute Gasteiger partial charge is 0.318 e. The minimum Gasteiger partial charge on any atom is -0.318 e. The fourth-order valence-corrected chi connectivity index (χ4v) is 3.24. The maximum absolute atomic E-state index is 12.2. The number of aryl methyl sites for hydroxylation is 1. The van der Waals surface area contributed by atoms with Crippen LogP contribution in [0.5, 0.6) is 0 Å². The topological polar surface area (TPSA) is 46.9 Å². The summed E-state index contributed by atoms with van der Waals surface area (Å²) in [5, 5.41) is 7.41. The van der Waals surface area contributed by atoms with Gasteiger partial charge in [-0.25, -0.2) is 0 Å². The van der Waals surface area contributed by atoms with Gasteiger partial charge in [-0.3, -0.25) is 9.48 Å². The molecule has 2 aromatic heterocycles. The zero-order chi connectivity index (χ0) is 14.2. The van der Waals surface area contributed by atoms with Crippen LogP contribution < -0.4 is 5.32 Å². The Bertz CT molecular complexity index is 615. The third-order valence-corrected chi connectivity index (χ3v) is 4.47. The number of aromatic nitrogens is 2. The van der Waals surface area contributed by atoms with Crippen molar-refractivity contribution >= 4 is 38.9 Å². The molecule has 0 unspecified atom stereocenters. The number of thiophene rings is 1. The maximum Gasteiger partial charge on any atom is 0.265 e. The average Bonchev–Trinajstić information content (AvgIpc) is 2.87. The van der Waals surface area contributed by atoms with Crippen molar-refractivity contribution in [3.8, 4) is 0 Å². The zero-order valence-corrected chi connectivity index (χ0v) is 13.7. The van der Waals surface area contributed by atoms with Gasteiger partial charge < -0.3 is 5.32 Å². The Labute approximate surface area is 125 Å². The molecule has 0 aromatic carbocycles. The molecular weight excluding hydrogens is 326 g/mol. The van der Waals surface area contributed by atoms with Crippen molar-refractivity contribution in [3.05, 3.63) is 32.2 Å². The molecule has 0 atom stereocenters. The van der Waals surface area contributed by atoms with Crippen molar-refractivity contribution in [3.63, 3.8) is 0 Å². The molecule has 0 saturated heterocycles. The number of hydrogen-bond donors (Lipinski definition) is 1. The molecule has 0 radical (unpaired) electrons. The second-order valence-corrected chi connectivity index (χ2v) is 7.11. The number of carbonyl (C=O) groups excluding carboxylic acids is 1. The number of nitrogens with zero attached hydrogens (tertiary/aromatic N) is 2. The van der Waals surface area contributed by atoms with Gasteiger partial charge in [-0.1, -0.05) is 0 Å². The van der Waals surface area contributed by atoms with Gasteiger partial charge >= 0.3 is 0 Å². The summed E-state index contributed by atoms with van der Waals surface area (Å²) in [6.45, 7) is 8.02. The fourth-order valence-electron chi connectivity index (χ4n) is 1.96. The van der Waals surface area contributed by atoms with E-state index in [1.165, 1.54) is 11.3 Å². The molecule has 0 saturated carbocycles. The molecule has 0 aliphatic rings. The van der Waals surface area contributed by atoms with E-state index in [2.05, 4.69) is 40.2 Å². The van der Waals surface area contributed by atoms with Crippen LogP contribution in [-0.2, 0) is 0 Å². The second-order valence-electron chi connectivity index (χ2n) is 4.64. The first-order valence-corrected chi connectivity index (χ1v) is 7.63. The van der Waals surface area contributed by atoms with E-state index >= 15 is 0 Å². The summed E-state index contributed by atoms with van der Waals surface area (Å²) in [4.78, 5) is 12.8. The van der Waals surface area contributed by atoms with E-state index in [9.17, 15) is 4.79 Å². The van der Waals surface area contributed by atoms with Crippen molar-refractivity contribution in [2.75, 3.05) is 5.32 Å². The molecular formula is C13H16BrN3OS. The minimum absolute atomic E-state index is 0.0924. The van der Waals surface area contributed by atoms with Crippen LogP contribution in [0.4, 0.5) is 5.69 Å². The predicted octanol–water partition coefficient (Wildman–Crippen LogP) is 4.16.